The molecule has 6 atom stereocenters. The minimum atomic E-state index is -1.28. The molecule has 4 heterocycles. The molecule has 4 amide bonds. The third-order valence-electron chi connectivity index (χ3n) is 9.52. The van der Waals surface area contributed by atoms with E-state index in [1.54, 1.807) is 48.5 Å². The maximum Gasteiger partial charge on any atom is 0.240 e. The number of anilines is 2. The van der Waals surface area contributed by atoms with Crippen LogP contribution in [0.4, 0.5) is 11.4 Å². The number of fused-ring (bicyclic) bond motifs is 8. The number of amides is 4. The van der Waals surface area contributed by atoms with Gasteiger partial charge >= 0.3 is 0 Å². The Morgan fingerprint density at radius 2 is 0.683 bits per heavy atom. The molecular weight excluding hydrogens is 514 g/mol. The molecular formula is C34H25N3O4. The molecule has 4 aliphatic heterocycles. The van der Waals surface area contributed by atoms with Gasteiger partial charge < -0.3 is 0 Å². The minimum Gasteiger partial charge on any atom is -0.295 e. The van der Waals surface area contributed by atoms with Gasteiger partial charge in [-0.2, -0.15) is 0 Å². The molecule has 0 saturated carbocycles. The van der Waals surface area contributed by atoms with E-state index in [0.717, 1.165) is 0 Å². The van der Waals surface area contributed by atoms with Gasteiger partial charge in [0.05, 0.1) is 46.1 Å². The molecule has 2 bridgehead atoms. The van der Waals surface area contributed by atoms with Crippen LogP contribution in [0.15, 0.2) is 121 Å². The van der Waals surface area contributed by atoms with Crippen LogP contribution in [-0.2, 0) is 30.3 Å². The van der Waals surface area contributed by atoms with E-state index in [4.69, 9.17) is 0 Å². The number of benzene rings is 4. The fourth-order valence-corrected chi connectivity index (χ4v) is 8.17. The zero-order chi connectivity index (χ0) is 27.9. The quantitative estimate of drug-likeness (QED) is 0.396. The van der Waals surface area contributed by atoms with Crippen molar-refractivity contribution in [3.8, 4) is 0 Å². The molecule has 41 heavy (non-hydrogen) atoms. The van der Waals surface area contributed by atoms with Crippen molar-refractivity contribution in [3.63, 3.8) is 0 Å². The van der Waals surface area contributed by atoms with Gasteiger partial charge in [-0.1, -0.05) is 97.1 Å². The van der Waals surface area contributed by atoms with Crippen molar-refractivity contribution in [2.24, 2.45) is 23.7 Å². The van der Waals surface area contributed by atoms with Crippen LogP contribution in [0.2, 0.25) is 0 Å². The number of hydrogen-bond acceptors (Lipinski definition) is 5. The summed E-state index contributed by atoms with van der Waals surface area (Å²) in [4.78, 5) is 60.6. The van der Waals surface area contributed by atoms with E-state index in [9.17, 15) is 19.2 Å². The third-order valence-corrected chi connectivity index (χ3v) is 9.52. The van der Waals surface area contributed by atoms with Crippen molar-refractivity contribution in [2.45, 2.75) is 11.1 Å². The average molecular weight is 540 g/mol. The van der Waals surface area contributed by atoms with Crippen molar-refractivity contribution >= 4 is 35.0 Å². The molecule has 7 heteroatoms. The highest BCUT2D eigenvalue weighted by molar-refractivity contribution is 6.28. The first-order valence-electron chi connectivity index (χ1n) is 13.8. The Bertz CT molecular complexity index is 1550. The summed E-state index contributed by atoms with van der Waals surface area (Å²) in [6.45, 7) is 0. The van der Waals surface area contributed by atoms with Crippen molar-refractivity contribution in [1.82, 2.24) is 5.32 Å². The lowest BCUT2D eigenvalue weighted by Crippen LogP contribution is -2.53. The largest absolute Gasteiger partial charge is 0.295 e. The van der Waals surface area contributed by atoms with Crippen LogP contribution in [0, 0.1) is 23.7 Å². The average Bonchev–Trinajstić information content (AvgIpc) is 3.69. The number of carbonyl (C=O) groups excluding carboxylic acids is 4. The Labute approximate surface area is 236 Å². The summed E-state index contributed by atoms with van der Waals surface area (Å²) in [6.07, 6.45) is 0. The summed E-state index contributed by atoms with van der Waals surface area (Å²) < 4.78 is 0. The Morgan fingerprint density at radius 3 is 0.976 bits per heavy atom. The molecule has 0 spiro atoms. The minimum absolute atomic E-state index is 0.364. The molecule has 4 aromatic carbocycles. The molecule has 7 nitrogen and oxygen atoms in total. The van der Waals surface area contributed by atoms with E-state index in [-0.39, 0.29) is 23.6 Å². The fourth-order valence-electron chi connectivity index (χ4n) is 8.17. The van der Waals surface area contributed by atoms with Crippen molar-refractivity contribution in [3.05, 3.63) is 132 Å². The first-order valence-corrected chi connectivity index (χ1v) is 13.8. The number of nitrogens with zero attached hydrogens (tertiary/aromatic N) is 2. The summed E-state index contributed by atoms with van der Waals surface area (Å²) >= 11 is 0. The van der Waals surface area contributed by atoms with E-state index in [1.807, 2.05) is 72.8 Å². The second kappa shape index (κ2) is 8.32. The Kier molecular flexibility index (Phi) is 4.86. The van der Waals surface area contributed by atoms with Gasteiger partial charge in [-0.3, -0.25) is 24.5 Å². The van der Waals surface area contributed by atoms with Crippen LogP contribution in [0.3, 0.4) is 0 Å². The molecule has 4 aromatic rings. The lowest BCUT2D eigenvalue weighted by molar-refractivity contribution is -0.133. The van der Waals surface area contributed by atoms with Crippen LogP contribution in [0.1, 0.15) is 11.1 Å². The number of nitrogens with one attached hydrogen (secondary N) is 1. The van der Waals surface area contributed by atoms with Crippen LogP contribution >= 0.6 is 0 Å². The first-order chi connectivity index (χ1) is 20.0. The van der Waals surface area contributed by atoms with Gasteiger partial charge in [0.25, 0.3) is 0 Å². The van der Waals surface area contributed by atoms with Crippen LogP contribution in [-0.4, -0.2) is 23.6 Å². The smallest absolute Gasteiger partial charge is 0.240 e. The lowest BCUT2D eigenvalue weighted by atomic mass is 9.55. The Hall–Kier alpha value is -4.88. The molecule has 0 aromatic heterocycles. The lowest BCUT2D eigenvalue weighted by Gasteiger charge is -2.40. The topological polar surface area (TPSA) is 86.8 Å². The van der Waals surface area contributed by atoms with E-state index >= 15 is 0 Å². The maximum absolute atomic E-state index is 14.5. The molecule has 200 valence electrons. The SMILES string of the molecule is O=C1[C@@H]2[C@H](C(=O)N1c1ccccc1)C1(c3ccccc3)NC2(c2ccccc2)[C@H]2C(=O)N(c3ccccc3)C(=O)[C@@H]21. The zero-order valence-corrected chi connectivity index (χ0v) is 21.9. The molecule has 2 unspecified atom stereocenters. The van der Waals surface area contributed by atoms with E-state index < -0.39 is 34.7 Å². The highest BCUT2D eigenvalue weighted by Crippen LogP contribution is 2.71. The summed E-state index contributed by atoms with van der Waals surface area (Å²) in [5, 5.41) is 3.72. The number of hydrogen-bond donors (Lipinski definition) is 1. The van der Waals surface area contributed by atoms with Crippen LogP contribution < -0.4 is 15.1 Å². The predicted molar refractivity (Wildman–Crippen MR) is 151 cm³/mol. The summed E-state index contributed by atoms with van der Waals surface area (Å²) in [5.74, 6) is -5.04. The normalized spacial score (nSPS) is 31.6. The highest BCUT2D eigenvalue weighted by atomic mass is 16.2. The van der Waals surface area contributed by atoms with Gasteiger partial charge in [-0.25, -0.2) is 9.80 Å². The molecule has 8 rings (SSSR count). The van der Waals surface area contributed by atoms with E-state index in [1.165, 1.54) is 9.80 Å². The maximum atomic E-state index is 14.5. The van der Waals surface area contributed by atoms with Gasteiger partial charge in [0, 0.05) is 0 Å². The second-order valence-electron chi connectivity index (χ2n) is 11.2. The van der Waals surface area contributed by atoms with Gasteiger partial charge in [0.1, 0.15) is 0 Å². The van der Waals surface area contributed by atoms with Gasteiger partial charge in [0.15, 0.2) is 0 Å². The van der Waals surface area contributed by atoms with Crippen LogP contribution in [0.25, 0.3) is 0 Å². The molecule has 4 saturated heterocycles. The third kappa shape index (κ3) is 2.81. The van der Waals surface area contributed by atoms with Gasteiger partial charge in [-0.05, 0) is 35.4 Å². The monoisotopic (exact) mass is 539 g/mol. The highest BCUT2D eigenvalue weighted by Gasteiger charge is 2.85. The van der Waals surface area contributed by atoms with Gasteiger partial charge in [0.2, 0.25) is 23.6 Å². The van der Waals surface area contributed by atoms with Crippen molar-refractivity contribution in [2.75, 3.05) is 9.80 Å². The second-order valence-corrected chi connectivity index (χ2v) is 11.2. The summed E-state index contributed by atoms with van der Waals surface area (Å²) in [5.41, 5.74) is -0.162. The number of imide groups is 2. The number of rotatable bonds is 4. The van der Waals surface area contributed by atoms with E-state index in [2.05, 4.69) is 5.32 Å². The zero-order valence-electron chi connectivity index (χ0n) is 21.9. The van der Waals surface area contributed by atoms with E-state index in [0.29, 0.717) is 22.5 Å². The molecule has 0 radical (unpaired) electrons. The summed E-state index contributed by atoms with van der Waals surface area (Å²) in [7, 11) is 0. The molecule has 1 N–H and O–H groups in total. The molecule has 0 aliphatic carbocycles. The number of para-hydroxylation sites is 2. The summed E-state index contributed by atoms with van der Waals surface area (Å²) in [6, 6.07) is 36.5. The van der Waals surface area contributed by atoms with Crippen molar-refractivity contribution in [1.29, 1.82) is 0 Å². The Balaban J connectivity index is 1.43. The van der Waals surface area contributed by atoms with Crippen molar-refractivity contribution < 1.29 is 19.2 Å². The first kappa shape index (κ1) is 24.0. The fraction of sp³-hybridized carbons (Fsp3) is 0.176. The number of carbonyl (C=O) groups is 4. The molecule has 4 fully saturated rings. The predicted octanol–water partition coefficient (Wildman–Crippen LogP) is 4.01. The van der Waals surface area contributed by atoms with Gasteiger partial charge in [-0.15, -0.1) is 0 Å². The molecule has 4 aliphatic rings. The van der Waals surface area contributed by atoms with Crippen LogP contribution in [0.5, 0.6) is 0 Å². The standard InChI is InChI=1S/C34H25N3O4/c38-29-25-27(31(40)36(29)23-17-9-3-10-18-23)34(22-15-7-2-8-16-22)28-26(33(25,35-34)21-13-5-1-6-14-21)30(39)37(32(28)41)24-19-11-4-12-20-24/h1-20,25-28,35H/t25-,26-,27-,28+,33?,34?/m1/s1. The Morgan fingerprint density at radius 1 is 0.415 bits per heavy atom.